The number of allylic oxidation sites excluding steroid dienone is 1. The lowest BCUT2D eigenvalue weighted by molar-refractivity contribution is 0.176. The van der Waals surface area contributed by atoms with Crippen LogP contribution in [-0.4, -0.2) is 40.0 Å². The molecule has 3 rings (SSSR count). The van der Waals surface area contributed by atoms with Crippen LogP contribution >= 0.6 is 11.3 Å². The molecule has 3 heterocycles. The van der Waals surface area contributed by atoms with Crippen molar-refractivity contribution in [2.24, 2.45) is 0 Å². The van der Waals surface area contributed by atoms with Crippen LogP contribution in [0, 0.1) is 11.8 Å². The summed E-state index contributed by atoms with van der Waals surface area (Å²) in [6.07, 6.45) is 5.91. The number of fused-ring (bicyclic) bond motifs is 1. The normalized spacial score (nSPS) is 9.46. The summed E-state index contributed by atoms with van der Waals surface area (Å²) in [4.78, 5) is 3.48. The Hall–Kier alpha value is -5.11. The number of hydrogen-bond donors (Lipinski definition) is 0. The molecule has 7 heteroatoms. The van der Waals surface area contributed by atoms with Crippen molar-refractivity contribution in [3.8, 4) is 11.8 Å². The fraction of sp³-hybridized carbons (Fsp3) is 0.250. The van der Waals surface area contributed by atoms with Gasteiger partial charge >= 0.3 is 0 Å². The van der Waals surface area contributed by atoms with Crippen LogP contribution in [0.15, 0.2) is 87.8 Å². The van der Waals surface area contributed by atoms with Crippen LogP contribution in [-0.2, 0) is 11.3 Å². The average Bonchev–Trinajstić information content (AvgIpc) is 3.65. The van der Waals surface area contributed by atoms with Crippen LogP contribution in [0.2, 0.25) is 0 Å². The van der Waals surface area contributed by atoms with Gasteiger partial charge in [0.25, 0.3) is 0 Å². The van der Waals surface area contributed by atoms with E-state index in [4.69, 9.17) is 4.74 Å². The molecule has 3 aromatic rings. The maximum atomic E-state index is 5.24. The smallest absolute Gasteiger partial charge is 0.188 e. The third-order valence-corrected chi connectivity index (χ3v) is 6.14. The van der Waals surface area contributed by atoms with Gasteiger partial charge in [0.1, 0.15) is 12.3 Å². The largest absolute Gasteiger partial charge is 0.377 e. The highest BCUT2D eigenvalue weighted by Gasteiger charge is 2.14. The topological polar surface area (TPSA) is 55.6 Å². The van der Waals surface area contributed by atoms with Crippen LogP contribution < -0.4 is 10.1 Å². The van der Waals surface area contributed by atoms with E-state index in [1.54, 1.807) is 23.0 Å². The average molecular weight is 528 g/mol. The van der Waals surface area contributed by atoms with Crippen molar-refractivity contribution in [1.29, 1.82) is 0 Å². The molecule has 0 atom stereocenters. The maximum absolute atomic E-state index is 5.24. The molecule has 190 valence electrons. The Bertz CT molecular complexity index is 1880. The molecule has 0 aliphatic carbocycles. The van der Waals surface area contributed by atoms with Gasteiger partial charge in [0, 0.05) is 31.2 Å². The van der Waals surface area contributed by atoms with Crippen LogP contribution in [0.25, 0.3) is 11.7 Å². The second kappa shape index (κ2) is 15.9. The van der Waals surface area contributed by atoms with Crippen LogP contribution in [0.5, 0.6) is 0 Å². The number of nitrogens with zero attached hydrogens (tertiary/aromatic N) is 5. The van der Waals surface area contributed by atoms with Crippen molar-refractivity contribution < 1.29 is 4.74 Å². The van der Waals surface area contributed by atoms with E-state index in [-0.39, 0.29) is 0 Å². The summed E-state index contributed by atoms with van der Waals surface area (Å²) >= 11 is 1.73. The van der Waals surface area contributed by atoms with Gasteiger partial charge in [-0.15, -0.1) is 21.5 Å². The summed E-state index contributed by atoms with van der Waals surface area (Å²) in [6, 6.07) is 4.27. The number of hydrogen-bond acceptors (Lipinski definition) is 6. The number of unbranched alkanes of at least 4 members (excludes halogenated alkanes) is 1. The fourth-order valence-electron chi connectivity index (χ4n) is 3.27. The van der Waals surface area contributed by atoms with Crippen LogP contribution in [0.3, 0.4) is 0 Å². The molecule has 0 fully saturated rings. The molecular weight excluding hydrogens is 502 g/mol. The Labute approximate surface area is 231 Å². The first-order valence-corrected chi connectivity index (χ1v) is 13.0. The monoisotopic (exact) mass is 527 g/mol. The standard InChI is InChI=1S/C32H25N5OS/c1-5-8-10-11-12-13-14-15-16-17-18-19-20-21-29-28(32-34-33-30(26-38-4)37(32)35-29)25-27-22-23-31(39-27)36(7-3)24-9-6-2/h19,22-23,25H,1,6-7,9,24,26H2,2-4H3. The van der Waals surface area contributed by atoms with E-state index in [0.29, 0.717) is 23.8 Å². The van der Waals surface area contributed by atoms with Gasteiger partial charge < -0.3 is 9.64 Å². The molecular formula is C32H25N5OS. The molecule has 0 unspecified atom stereocenters. The second-order valence-corrected chi connectivity index (χ2v) is 8.75. The summed E-state index contributed by atoms with van der Waals surface area (Å²) in [7, 11) is 1.61. The van der Waals surface area contributed by atoms with Gasteiger partial charge in [0.2, 0.25) is 0 Å². The SMILES string of the molecule is C=C=C=C=C=C=C=C=C=C=C=C=CC#Cc1nn2c(COC)nnc2c1=Cc1ccc(N(CC)CCCC)s1. The minimum absolute atomic E-state index is 0.294. The number of aromatic nitrogens is 4. The summed E-state index contributed by atoms with van der Waals surface area (Å²) in [5.41, 5.74) is 29.5. The number of rotatable bonds is 8. The highest BCUT2D eigenvalue weighted by atomic mass is 32.1. The molecule has 6 nitrogen and oxygen atoms in total. The molecule has 0 amide bonds. The lowest BCUT2D eigenvalue weighted by atomic mass is 10.3. The maximum Gasteiger partial charge on any atom is 0.188 e. The predicted molar refractivity (Wildman–Crippen MR) is 153 cm³/mol. The van der Waals surface area contributed by atoms with E-state index in [1.165, 1.54) is 17.5 Å². The molecule has 0 aliphatic heterocycles. The Kier molecular flexibility index (Phi) is 11.6. The molecule has 0 aromatic carbocycles. The zero-order valence-corrected chi connectivity index (χ0v) is 22.9. The lowest BCUT2D eigenvalue weighted by Crippen LogP contribution is -2.22. The number of methoxy groups -OCH3 is 1. The summed E-state index contributed by atoms with van der Waals surface area (Å²) in [5.74, 6) is 6.62. The van der Waals surface area contributed by atoms with Crippen LogP contribution in [0.1, 0.15) is 43.1 Å². The molecule has 0 saturated carbocycles. The molecule has 3 aromatic heterocycles. The van der Waals surface area contributed by atoms with Gasteiger partial charge in [-0.1, -0.05) is 30.7 Å². The molecule has 0 spiro atoms. The first kappa shape index (κ1) is 28.5. The van der Waals surface area contributed by atoms with Gasteiger partial charge in [-0.3, -0.25) is 0 Å². The molecule has 0 N–H and O–H groups in total. The van der Waals surface area contributed by atoms with E-state index in [0.717, 1.165) is 29.6 Å². The molecule has 0 aliphatic rings. The van der Waals surface area contributed by atoms with Gasteiger partial charge in [-0.25, -0.2) is 0 Å². The van der Waals surface area contributed by atoms with Crippen molar-refractivity contribution >= 4 is 28.1 Å². The number of anilines is 1. The van der Waals surface area contributed by atoms with Crippen molar-refractivity contribution in [2.75, 3.05) is 25.1 Å². The number of ether oxygens (including phenoxy) is 1. The van der Waals surface area contributed by atoms with Crippen LogP contribution in [0.4, 0.5) is 5.00 Å². The Morgan fingerprint density at radius 3 is 2.46 bits per heavy atom. The number of thiophene rings is 1. The zero-order valence-electron chi connectivity index (χ0n) is 22.1. The van der Waals surface area contributed by atoms with Crippen molar-refractivity contribution in [3.63, 3.8) is 0 Å². The lowest BCUT2D eigenvalue weighted by Gasteiger charge is -2.20. The highest BCUT2D eigenvalue weighted by Crippen LogP contribution is 2.27. The first-order chi connectivity index (χ1) is 19.2. The highest BCUT2D eigenvalue weighted by molar-refractivity contribution is 7.16. The van der Waals surface area contributed by atoms with E-state index in [1.807, 2.05) is 0 Å². The second-order valence-electron chi connectivity index (χ2n) is 7.66. The zero-order chi connectivity index (χ0) is 27.7. The molecule has 39 heavy (non-hydrogen) atoms. The summed E-state index contributed by atoms with van der Waals surface area (Å²) in [6.45, 7) is 10.0. The fourth-order valence-corrected chi connectivity index (χ4v) is 4.31. The molecule has 0 bridgehead atoms. The van der Waals surface area contributed by atoms with E-state index >= 15 is 0 Å². The molecule has 0 radical (unpaired) electrons. The van der Waals surface area contributed by atoms with Gasteiger partial charge in [-0.05, 0) is 95.6 Å². The quantitative estimate of drug-likeness (QED) is 0.313. The third kappa shape index (κ3) is 8.46. The molecule has 0 saturated heterocycles. The van der Waals surface area contributed by atoms with E-state index < -0.39 is 0 Å². The minimum atomic E-state index is 0.294. The summed E-state index contributed by atoms with van der Waals surface area (Å²) < 4.78 is 6.91. The van der Waals surface area contributed by atoms with Crippen molar-refractivity contribution in [1.82, 2.24) is 19.8 Å². The summed E-state index contributed by atoms with van der Waals surface area (Å²) in [5, 5.41) is 15.2. The van der Waals surface area contributed by atoms with E-state index in [2.05, 4.69) is 134 Å². The van der Waals surface area contributed by atoms with Crippen molar-refractivity contribution in [2.45, 2.75) is 33.3 Å². The van der Waals surface area contributed by atoms with Gasteiger partial charge in [0.05, 0.1) is 10.2 Å². The predicted octanol–water partition coefficient (Wildman–Crippen LogP) is 4.75. The Balaban J connectivity index is 2.01. The first-order valence-electron chi connectivity index (χ1n) is 12.2. The Morgan fingerprint density at radius 2 is 1.77 bits per heavy atom. The van der Waals surface area contributed by atoms with E-state index in [9.17, 15) is 0 Å². The Morgan fingerprint density at radius 1 is 1.03 bits per heavy atom. The van der Waals surface area contributed by atoms with Crippen molar-refractivity contribution in [3.05, 3.63) is 109 Å². The minimum Gasteiger partial charge on any atom is -0.377 e. The van der Waals surface area contributed by atoms with Gasteiger partial charge in [-0.2, -0.15) is 9.61 Å². The van der Waals surface area contributed by atoms with Gasteiger partial charge in [0.15, 0.2) is 11.5 Å². The third-order valence-electron chi connectivity index (χ3n) is 5.04.